The van der Waals surface area contributed by atoms with Crippen LogP contribution in [0.2, 0.25) is 5.02 Å². The van der Waals surface area contributed by atoms with Crippen LogP contribution in [0.15, 0.2) is 61.1 Å². The lowest BCUT2D eigenvalue weighted by atomic mass is 10.1. The Morgan fingerprint density at radius 1 is 1.10 bits per heavy atom. The van der Waals surface area contributed by atoms with Gasteiger partial charge in [0.05, 0.1) is 27.5 Å². The molecule has 2 aromatic carbocycles. The smallest absolute Gasteiger partial charge is 0.300 e. The Labute approximate surface area is 237 Å². The Bertz CT molecular complexity index is 1710. The van der Waals surface area contributed by atoms with Gasteiger partial charge in [0.25, 0.3) is 5.91 Å². The van der Waals surface area contributed by atoms with Crippen molar-refractivity contribution in [3.63, 3.8) is 0 Å². The van der Waals surface area contributed by atoms with E-state index in [4.69, 9.17) is 16.3 Å². The number of anilines is 3. The maximum absolute atomic E-state index is 12.4. The van der Waals surface area contributed by atoms with E-state index in [0.717, 1.165) is 28.6 Å². The molecule has 1 amide bonds. The number of nitrogens with one attached hydrogen (secondary N) is 2. The van der Waals surface area contributed by atoms with E-state index >= 15 is 0 Å². The fourth-order valence-corrected chi connectivity index (χ4v) is 5.58. The van der Waals surface area contributed by atoms with Crippen LogP contribution in [0.3, 0.4) is 0 Å². The Hall–Kier alpha value is -4.59. The minimum absolute atomic E-state index is 0.314. The molecule has 6 rings (SSSR count). The average Bonchev–Trinajstić information content (AvgIpc) is 3.37. The van der Waals surface area contributed by atoms with E-state index in [0.29, 0.717) is 45.9 Å². The van der Waals surface area contributed by atoms with Gasteiger partial charge in [-0.3, -0.25) is 9.78 Å². The number of pyridine rings is 1. The Morgan fingerprint density at radius 3 is 2.75 bits per heavy atom. The fraction of sp³-hybridized carbons (Fsp3) is 0.250. The summed E-state index contributed by atoms with van der Waals surface area (Å²) in [6, 6.07) is 14.8. The van der Waals surface area contributed by atoms with Crippen LogP contribution in [-0.2, 0) is 11.4 Å². The number of rotatable bonds is 6. The van der Waals surface area contributed by atoms with Crippen LogP contribution in [0.25, 0.3) is 10.9 Å². The quantitative estimate of drug-likeness (QED) is 0.273. The van der Waals surface area contributed by atoms with Crippen molar-refractivity contribution in [3.05, 3.63) is 77.3 Å². The van der Waals surface area contributed by atoms with E-state index < -0.39 is 5.91 Å². The van der Waals surface area contributed by atoms with Gasteiger partial charge >= 0.3 is 0 Å². The molecule has 0 aliphatic heterocycles. The summed E-state index contributed by atoms with van der Waals surface area (Å²) in [6.45, 7) is 1.94. The molecule has 2 aliphatic carbocycles. The number of hydrogen-bond acceptors (Lipinski definition) is 6. The first-order valence-electron chi connectivity index (χ1n) is 13.2. The molecule has 7 nitrogen and oxygen atoms in total. The largest absolute Gasteiger partial charge is 0.486 e. The SMILES string of the molecule is CC#CC(=O)Nc1cc2c(Nc3ccc(OCc4ccccn4)c(Cl)c3)ncnc2cc1C#CC1[C@H]2CCC[C@@H]12. The number of nitrogens with zero attached hydrogens (tertiary/aromatic N) is 3. The summed E-state index contributed by atoms with van der Waals surface area (Å²) in [6.07, 6.45) is 7.06. The second-order valence-electron chi connectivity index (χ2n) is 9.90. The molecular weight excluding hydrogens is 522 g/mol. The maximum atomic E-state index is 12.4. The number of benzene rings is 2. The van der Waals surface area contributed by atoms with Gasteiger partial charge < -0.3 is 15.4 Å². The molecule has 3 atom stereocenters. The van der Waals surface area contributed by atoms with Crippen molar-refractivity contribution >= 4 is 45.6 Å². The number of carbonyl (C=O) groups excluding carboxylic acids is 1. The van der Waals surface area contributed by atoms with Crippen LogP contribution in [0.1, 0.15) is 37.4 Å². The zero-order valence-electron chi connectivity index (χ0n) is 21.9. The highest BCUT2D eigenvalue weighted by Crippen LogP contribution is 2.57. The molecular formula is C32H26ClN5O2. The first-order chi connectivity index (χ1) is 19.6. The van der Waals surface area contributed by atoms with Crippen molar-refractivity contribution in [1.82, 2.24) is 15.0 Å². The van der Waals surface area contributed by atoms with Crippen molar-refractivity contribution < 1.29 is 9.53 Å². The summed E-state index contributed by atoms with van der Waals surface area (Å²) < 4.78 is 5.84. The molecule has 2 saturated carbocycles. The Morgan fingerprint density at radius 2 is 1.98 bits per heavy atom. The van der Waals surface area contributed by atoms with E-state index in [1.54, 1.807) is 25.3 Å². The molecule has 0 saturated heterocycles. The lowest BCUT2D eigenvalue weighted by molar-refractivity contribution is -0.111. The van der Waals surface area contributed by atoms with Gasteiger partial charge in [-0.05, 0) is 80.0 Å². The molecule has 0 bridgehead atoms. The van der Waals surface area contributed by atoms with E-state index in [1.807, 2.05) is 36.4 Å². The van der Waals surface area contributed by atoms with Gasteiger partial charge in [0.2, 0.25) is 0 Å². The standard InChI is InChI=1S/C32H26ClN5O2/c1-2-6-31(39)38-28-17-26-29(15-20(28)10-12-25-23-8-5-9-24(23)25)35-19-36-32(26)37-21-11-13-30(27(33)16-21)40-18-22-7-3-4-14-34-22/h3-4,7,11,13-17,19,23-25H,5,8-9,18H2,1H3,(H,38,39)(H,35,36,37)/t23-,24+,25?. The molecule has 4 aromatic rings. The summed E-state index contributed by atoms with van der Waals surface area (Å²) in [5.74, 6) is 14.6. The first kappa shape index (κ1) is 25.7. The second-order valence-corrected chi connectivity index (χ2v) is 10.3. The predicted molar refractivity (Wildman–Crippen MR) is 156 cm³/mol. The summed E-state index contributed by atoms with van der Waals surface area (Å²) in [5, 5.41) is 7.39. The van der Waals surface area contributed by atoms with Crippen molar-refractivity contribution in [2.24, 2.45) is 17.8 Å². The molecule has 2 N–H and O–H groups in total. The van der Waals surface area contributed by atoms with Crippen LogP contribution in [0.5, 0.6) is 5.75 Å². The van der Waals surface area contributed by atoms with Gasteiger partial charge in [-0.1, -0.05) is 41.8 Å². The molecule has 0 radical (unpaired) electrons. The predicted octanol–water partition coefficient (Wildman–Crippen LogP) is 6.36. The minimum atomic E-state index is -0.396. The average molecular weight is 548 g/mol. The topological polar surface area (TPSA) is 89.0 Å². The highest BCUT2D eigenvalue weighted by molar-refractivity contribution is 6.32. The van der Waals surface area contributed by atoms with Gasteiger partial charge in [0.15, 0.2) is 0 Å². The second kappa shape index (κ2) is 11.3. The highest BCUT2D eigenvalue weighted by atomic mass is 35.5. The number of fused-ring (bicyclic) bond motifs is 2. The van der Waals surface area contributed by atoms with Gasteiger partial charge in [-0.15, -0.1) is 0 Å². The van der Waals surface area contributed by atoms with Crippen molar-refractivity contribution in [3.8, 4) is 29.4 Å². The zero-order chi connectivity index (χ0) is 27.5. The molecule has 198 valence electrons. The summed E-state index contributed by atoms with van der Waals surface area (Å²) >= 11 is 6.52. The lowest BCUT2D eigenvalue weighted by Crippen LogP contribution is -2.10. The van der Waals surface area contributed by atoms with Crippen LogP contribution < -0.4 is 15.4 Å². The number of ether oxygens (including phenoxy) is 1. The van der Waals surface area contributed by atoms with Crippen LogP contribution >= 0.6 is 11.6 Å². The third-order valence-electron chi connectivity index (χ3n) is 7.34. The number of hydrogen-bond donors (Lipinski definition) is 2. The summed E-state index contributed by atoms with van der Waals surface area (Å²) in [4.78, 5) is 25.6. The van der Waals surface area contributed by atoms with Crippen LogP contribution in [-0.4, -0.2) is 20.9 Å². The molecule has 0 spiro atoms. The number of carbonyl (C=O) groups is 1. The first-order valence-corrected chi connectivity index (χ1v) is 13.6. The minimum Gasteiger partial charge on any atom is -0.486 e. The molecule has 2 fully saturated rings. The third kappa shape index (κ3) is 5.57. The number of halogens is 1. The van der Waals surface area contributed by atoms with Gasteiger partial charge in [0, 0.05) is 23.2 Å². The van der Waals surface area contributed by atoms with Crippen molar-refractivity contribution in [1.29, 1.82) is 0 Å². The van der Waals surface area contributed by atoms with E-state index in [1.165, 1.54) is 25.6 Å². The van der Waals surface area contributed by atoms with E-state index in [9.17, 15) is 4.79 Å². The third-order valence-corrected chi connectivity index (χ3v) is 7.63. The zero-order valence-corrected chi connectivity index (χ0v) is 22.6. The maximum Gasteiger partial charge on any atom is 0.300 e. The van der Waals surface area contributed by atoms with E-state index in [-0.39, 0.29) is 0 Å². The van der Waals surface area contributed by atoms with Gasteiger partial charge in [0.1, 0.15) is 24.5 Å². The van der Waals surface area contributed by atoms with Crippen molar-refractivity contribution in [2.45, 2.75) is 32.8 Å². The fourth-order valence-electron chi connectivity index (χ4n) is 5.34. The number of aromatic nitrogens is 3. The summed E-state index contributed by atoms with van der Waals surface area (Å²) in [7, 11) is 0. The van der Waals surface area contributed by atoms with Crippen LogP contribution in [0.4, 0.5) is 17.2 Å². The monoisotopic (exact) mass is 547 g/mol. The highest BCUT2D eigenvalue weighted by Gasteiger charge is 2.51. The molecule has 2 heterocycles. The van der Waals surface area contributed by atoms with Crippen molar-refractivity contribution in [2.75, 3.05) is 10.6 Å². The van der Waals surface area contributed by atoms with Crippen LogP contribution in [0, 0.1) is 41.4 Å². The molecule has 8 heteroatoms. The number of amides is 1. The summed E-state index contributed by atoms with van der Waals surface area (Å²) in [5.41, 5.74) is 3.53. The lowest BCUT2D eigenvalue weighted by Gasteiger charge is -2.13. The Kier molecular flexibility index (Phi) is 7.23. The molecule has 1 unspecified atom stereocenters. The molecule has 2 aromatic heterocycles. The molecule has 2 aliphatic rings. The Balaban J connectivity index is 1.27. The normalized spacial score (nSPS) is 18.5. The van der Waals surface area contributed by atoms with Gasteiger partial charge in [-0.25, -0.2) is 9.97 Å². The van der Waals surface area contributed by atoms with E-state index in [2.05, 4.69) is 49.3 Å². The van der Waals surface area contributed by atoms with Gasteiger partial charge in [-0.2, -0.15) is 0 Å². The molecule has 40 heavy (non-hydrogen) atoms.